The zero-order valence-electron chi connectivity index (χ0n) is 11.6. The molecule has 1 amide bonds. The third-order valence-corrected chi connectivity index (χ3v) is 3.06. The van der Waals surface area contributed by atoms with Crippen molar-refractivity contribution < 1.29 is 14.7 Å². The van der Waals surface area contributed by atoms with E-state index in [9.17, 15) is 14.7 Å². The van der Waals surface area contributed by atoms with Gasteiger partial charge in [-0.3, -0.25) is 9.78 Å². The van der Waals surface area contributed by atoms with Gasteiger partial charge in [-0.1, -0.05) is 30.3 Å². The first kappa shape index (κ1) is 14.7. The molecule has 0 radical (unpaired) electrons. The Morgan fingerprint density at radius 1 is 1.19 bits per heavy atom. The van der Waals surface area contributed by atoms with Gasteiger partial charge in [-0.05, 0) is 24.6 Å². The average molecular weight is 284 g/mol. The lowest BCUT2D eigenvalue weighted by atomic mass is 10.1. The fourth-order valence-corrected chi connectivity index (χ4v) is 1.89. The topological polar surface area (TPSA) is 79.3 Å². The predicted molar refractivity (Wildman–Crippen MR) is 78.0 cm³/mol. The Labute approximate surface area is 122 Å². The maximum absolute atomic E-state index is 12.0. The van der Waals surface area contributed by atoms with Crippen molar-refractivity contribution in [3.63, 3.8) is 0 Å². The van der Waals surface area contributed by atoms with Crippen LogP contribution in [0.5, 0.6) is 0 Å². The number of aryl methyl sites for hydroxylation is 1. The minimum atomic E-state index is -1.06. The van der Waals surface area contributed by atoms with Gasteiger partial charge in [-0.15, -0.1) is 0 Å². The summed E-state index contributed by atoms with van der Waals surface area (Å²) < 4.78 is 0. The highest BCUT2D eigenvalue weighted by Gasteiger charge is 2.21. The highest BCUT2D eigenvalue weighted by Crippen LogP contribution is 2.05. The summed E-state index contributed by atoms with van der Waals surface area (Å²) in [6.45, 7) is 1.82. The fraction of sp³-hybridized carbons (Fsp3) is 0.188. The van der Waals surface area contributed by atoms with Gasteiger partial charge in [0.2, 0.25) is 0 Å². The molecule has 1 atom stereocenters. The number of nitrogens with one attached hydrogen (secondary N) is 1. The smallest absolute Gasteiger partial charge is 0.326 e. The Balaban J connectivity index is 2.07. The molecule has 0 aliphatic carbocycles. The van der Waals surface area contributed by atoms with E-state index in [0.717, 1.165) is 11.3 Å². The van der Waals surface area contributed by atoms with Gasteiger partial charge in [0, 0.05) is 18.3 Å². The number of carboxylic acid groups (broad SMARTS) is 1. The van der Waals surface area contributed by atoms with Gasteiger partial charge in [-0.25, -0.2) is 4.79 Å². The number of pyridine rings is 1. The molecule has 2 rings (SSSR count). The molecule has 0 spiro atoms. The van der Waals surface area contributed by atoms with Gasteiger partial charge in [0.25, 0.3) is 5.91 Å². The first-order chi connectivity index (χ1) is 10.1. The van der Waals surface area contributed by atoms with E-state index in [0.29, 0.717) is 5.56 Å². The van der Waals surface area contributed by atoms with E-state index in [-0.39, 0.29) is 6.42 Å². The molecular formula is C16H16N2O3. The van der Waals surface area contributed by atoms with E-state index >= 15 is 0 Å². The largest absolute Gasteiger partial charge is 0.480 e. The Morgan fingerprint density at radius 2 is 1.90 bits per heavy atom. The summed E-state index contributed by atoms with van der Waals surface area (Å²) >= 11 is 0. The molecule has 0 unspecified atom stereocenters. The van der Waals surface area contributed by atoms with Gasteiger partial charge < -0.3 is 10.4 Å². The van der Waals surface area contributed by atoms with E-state index in [1.807, 2.05) is 37.3 Å². The molecule has 0 saturated heterocycles. The van der Waals surface area contributed by atoms with E-state index < -0.39 is 17.9 Å². The zero-order valence-corrected chi connectivity index (χ0v) is 11.6. The van der Waals surface area contributed by atoms with Crippen LogP contribution in [0, 0.1) is 6.92 Å². The molecule has 0 saturated carbocycles. The Hall–Kier alpha value is -2.69. The lowest BCUT2D eigenvalue weighted by molar-refractivity contribution is -0.139. The molecule has 0 fully saturated rings. The van der Waals surface area contributed by atoms with Crippen molar-refractivity contribution in [2.75, 3.05) is 0 Å². The number of hydrogen-bond donors (Lipinski definition) is 2. The van der Waals surface area contributed by atoms with Gasteiger partial charge in [0.05, 0.1) is 5.56 Å². The van der Waals surface area contributed by atoms with Gasteiger partial charge in [0.15, 0.2) is 0 Å². The Kier molecular flexibility index (Phi) is 4.66. The van der Waals surface area contributed by atoms with Crippen molar-refractivity contribution in [2.45, 2.75) is 19.4 Å². The van der Waals surface area contributed by atoms with Crippen LogP contribution in [0.1, 0.15) is 21.6 Å². The van der Waals surface area contributed by atoms with Crippen LogP contribution in [0.2, 0.25) is 0 Å². The first-order valence-corrected chi connectivity index (χ1v) is 6.56. The van der Waals surface area contributed by atoms with Crippen molar-refractivity contribution in [3.05, 3.63) is 65.5 Å². The number of nitrogens with zero attached hydrogens (tertiary/aromatic N) is 1. The van der Waals surface area contributed by atoms with Gasteiger partial charge in [-0.2, -0.15) is 0 Å². The van der Waals surface area contributed by atoms with E-state index in [2.05, 4.69) is 10.3 Å². The van der Waals surface area contributed by atoms with Crippen molar-refractivity contribution in [1.29, 1.82) is 0 Å². The number of benzene rings is 1. The normalized spacial score (nSPS) is 11.7. The molecular weight excluding hydrogens is 268 g/mol. The number of amides is 1. The maximum Gasteiger partial charge on any atom is 0.326 e. The molecule has 0 aliphatic rings. The molecule has 1 aromatic carbocycles. The number of carbonyl (C=O) groups excluding carboxylic acids is 1. The van der Waals surface area contributed by atoms with Gasteiger partial charge >= 0.3 is 5.97 Å². The van der Waals surface area contributed by atoms with E-state index in [4.69, 9.17) is 0 Å². The van der Waals surface area contributed by atoms with Crippen molar-refractivity contribution >= 4 is 11.9 Å². The lowest BCUT2D eigenvalue weighted by Gasteiger charge is -2.14. The highest BCUT2D eigenvalue weighted by atomic mass is 16.4. The molecule has 0 aliphatic heterocycles. The molecule has 1 aromatic heterocycles. The Morgan fingerprint density at radius 3 is 2.48 bits per heavy atom. The summed E-state index contributed by atoms with van der Waals surface area (Å²) in [5, 5.41) is 11.8. The molecule has 2 N–H and O–H groups in total. The summed E-state index contributed by atoms with van der Waals surface area (Å²) in [5.41, 5.74) is 2.00. The summed E-state index contributed by atoms with van der Waals surface area (Å²) in [6, 6.07) is 11.5. The monoisotopic (exact) mass is 284 g/mol. The fourth-order valence-electron chi connectivity index (χ4n) is 1.89. The standard InChI is InChI=1S/C16H16N2O3/c1-11-7-8-13(10-17-11)15(19)18-14(16(20)21)9-12-5-3-2-4-6-12/h2-8,10,14H,9H2,1H3,(H,18,19)(H,20,21)/t14-/m0/s1. The van der Waals surface area contributed by atoms with E-state index in [1.54, 1.807) is 12.1 Å². The Bertz CT molecular complexity index is 624. The SMILES string of the molecule is Cc1ccc(C(=O)N[C@@H](Cc2ccccc2)C(=O)O)cn1. The third-order valence-electron chi connectivity index (χ3n) is 3.06. The second-order valence-corrected chi connectivity index (χ2v) is 4.74. The van der Waals surface area contributed by atoms with Crippen LogP contribution >= 0.6 is 0 Å². The van der Waals surface area contributed by atoms with Crippen molar-refractivity contribution in [1.82, 2.24) is 10.3 Å². The van der Waals surface area contributed by atoms with Crippen molar-refractivity contribution in [3.8, 4) is 0 Å². The molecule has 1 heterocycles. The molecule has 5 nitrogen and oxygen atoms in total. The number of aliphatic carboxylic acids is 1. The molecule has 0 bridgehead atoms. The molecule has 2 aromatic rings. The summed E-state index contributed by atoms with van der Waals surface area (Å²) in [4.78, 5) is 27.4. The van der Waals surface area contributed by atoms with Crippen LogP contribution in [0.25, 0.3) is 0 Å². The second-order valence-electron chi connectivity index (χ2n) is 4.74. The lowest BCUT2D eigenvalue weighted by Crippen LogP contribution is -2.42. The van der Waals surface area contributed by atoms with E-state index in [1.165, 1.54) is 6.20 Å². The maximum atomic E-state index is 12.0. The van der Waals surface area contributed by atoms with Crippen LogP contribution < -0.4 is 5.32 Å². The predicted octanol–water partition coefficient (Wildman–Crippen LogP) is 1.82. The minimum absolute atomic E-state index is 0.237. The number of carboxylic acids is 1. The molecule has 21 heavy (non-hydrogen) atoms. The summed E-state index contributed by atoms with van der Waals surface area (Å²) in [7, 11) is 0. The van der Waals surface area contributed by atoms with Gasteiger partial charge in [0.1, 0.15) is 6.04 Å². The first-order valence-electron chi connectivity index (χ1n) is 6.56. The summed E-state index contributed by atoms with van der Waals surface area (Å²) in [6.07, 6.45) is 1.67. The van der Waals surface area contributed by atoms with Crippen LogP contribution in [0.4, 0.5) is 0 Å². The summed E-state index contributed by atoms with van der Waals surface area (Å²) in [5.74, 6) is -1.50. The van der Waals surface area contributed by atoms with Crippen LogP contribution in [-0.2, 0) is 11.2 Å². The second kappa shape index (κ2) is 6.65. The van der Waals surface area contributed by atoms with Crippen LogP contribution in [-0.4, -0.2) is 28.0 Å². The quantitative estimate of drug-likeness (QED) is 0.877. The molecule has 108 valence electrons. The number of rotatable bonds is 5. The van der Waals surface area contributed by atoms with Crippen molar-refractivity contribution in [2.24, 2.45) is 0 Å². The number of carbonyl (C=O) groups is 2. The highest BCUT2D eigenvalue weighted by molar-refractivity contribution is 5.96. The average Bonchev–Trinajstić information content (AvgIpc) is 2.48. The van der Waals surface area contributed by atoms with Crippen LogP contribution in [0.15, 0.2) is 48.7 Å². The van der Waals surface area contributed by atoms with Crippen LogP contribution in [0.3, 0.4) is 0 Å². The molecule has 5 heteroatoms. The number of hydrogen-bond acceptors (Lipinski definition) is 3. The number of aromatic nitrogens is 1. The zero-order chi connectivity index (χ0) is 15.2. The minimum Gasteiger partial charge on any atom is -0.480 e. The third kappa shape index (κ3) is 4.14.